The minimum atomic E-state index is 0.202. The average Bonchev–Trinajstić information content (AvgIpc) is 2.42. The molecule has 0 saturated carbocycles. The van der Waals surface area contributed by atoms with Crippen molar-refractivity contribution in [3.63, 3.8) is 0 Å². The number of unbranched alkanes of at least 4 members (excludes halogenated alkanes) is 1. The van der Waals surface area contributed by atoms with Crippen LogP contribution in [-0.2, 0) is 6.42 Å². The third-order valence-corrected chi connectivity index (χ3v) is 3.60. The zero-order valence-electron chi connectivity index (χ0n) is 13.0. The Bertz CT molecular complexity index is 343. The van der Waals surface area contributed by atoms with Crippen LogP contribution in [0.4, 0.5) is 0 Å². The van der Waals surface area contributed by atoms with Gasteiger partial charge in [0, 0.05) is 12.1 Å². The van der Waals surface area contributed by atoms with Gasteiger partial charge in [-0.25, -0.2) is 0 Å². The van der Waals surface area contributed by atoms with Crippen LogP contribution in [-0.4, -0.2) is 18.7 Å². The van der Waals surface area contributed by atoms with Gasteiger partial charge in [-0.05, 0) is 50.8 Å². The quantitative estimate of drug-likeness (QED) is 0.675. The summed E-state index contributed by atoms with van der Waals surface area (Å²) >= 11 is 0. The topological polar surface area (TPSA) is 21.3 Å². The predicted octanol–water partition coefficient (Wildman–Crippen LogP) is 4.19. The van der Waals surface area contributed by atoms with Crippen LogP contribution in [0.1, 0.15) is 52.5 Å². The Morgan fingerprint density at radius 1 is 1.11 bits per heavy atom. The molecule has 0 fully saturated rings. The SMILES string of the molecule is CCCCc1ccc(OCCNC(C)(C)CC)cc1. The highest BCUT2D eigenvalue weighted by Gasteiger charge is 2.12. The molecule has 19 heavy (non-hydrogen) atoms. The molecule has 0 aliphatic carbocycles. The first-order valence-corrected chi connectivity index (χ1v) is 7.54. The van der Waals surface area contributed by atoms with Crippen molar-refractivity contribution in [1.29, 1.82) is 0 Å². The van der Waals surface area contributed by atoms with E-state index < -0.39 is 0 Å². The maximum atomic E-state index is 5.74. The number of nitrogens with one attached hydrogen (secondary N) is 1. The van der Waals surface area contributed by atoms with E-state index >= 15 is 0 Å². The van der Waals surface area contributed by atoms with Crippen LogP contribution in [0, 0.1) is 0 Å². The first-order valence-electron chi connectivity index (χ1n) is 7.54. The minimum Gasteiger partial charge on any atom is -0.492 e. The average molecular weight is 263 g/mol. The maximum absolute atomic E-state index is 5.74. The fourth-order valence-electron chi connectivity index (χ4n) is 1.82. The van der Waals surface area contributed by atoms with Crippen molar-refractivity contribution < 1.29 is 4.74 Å². The van der Waals surface area contributed by atoms with Crippen LogP contribution in [0.2, 0.25) is 0 Å². The molecular formula is C17H29NO. The van der Waals surface area contributed by atoms with Gasteiger partial charge in [-0.3, -0.25) is 0 Å². The van der Waals surface area contributed by atoms with E-state index in [2.05, 4.69) is 57.3 Å². The number of aryl methyl sites for hydroxylation is 1. The second-order valence-electron chi connectivity index (χ2n) is 5.76. The summed E-state index contributed by atoms with van der Waals surface area (Å²) in [4.78, 5) is 0. The lowest BCUT2D eigenvalue weighted by Crippen LogP contribution is -2.40. The molecule has 0 atom stereocenters. The van der Waals surface area contributed by atoms with E-state index in [1.54, 1.807) is 0 Å². The number of hydrogen-bond donors (Lipinski definition) is 1. The van der Waals surface area contributed by atoms with E-state index in [4.69, 9.17) is 4.74 Å². The molecule has 1 rings (SSSR count). The Morgan fingerprint density at radius 3 is 2.37 bits per heavy atom. The second kappa shape index (κ2) is 8.21. The lowest BCUT2D eigenvalue weighted by molar-refractivity contribution is 0.281. The predicted molar refractivity (Wildman–Crippen MR) is 82.9 cm³/mol. The molecule has 0 bridgehead atoms. The molecular weight excluding hydrogens is 234 g/mol. The fourth-order valence-corrected chi connectivity index (χ4v) is 1.82. The van der Waals surface area contributed by atoms with E-state index in [1.165, 1.54) is 24.8 Å². The zero-order valence-corrected chi connectivity index (χ0v) is 13.0. The van der Waals surface area contributed by atoms with Gasteiger partial charge < -0.3 is 10.1 Å². The van der Waals surface area contributed by atoms with Gasteiger partial charge in [0.25, 0.3) is 0 Å². The largest absolute Gasteiger partial charge is 0.492 e. The molecule has 1 N–H and O–H groups in total. The number of hydrogen-bond acceptors (Lipinski definition) is 2. The fraction of sp³-hybridized carbons (Fsp3) is 0.647. The molecule has 0 aliphatic rings. The molecule has 108 valence electrons. The molecule has 2 heteroatoms. The second-order valence-corrected chi connectivity index (χ2v) is 5.76. The van der Waals surface area contributed by atoms with Crippen LogP contribution < -0.4 is 10.1 Å². The van der Waals surface area contributed by atoms with Crippen molar-refractivity contribution in [1.82, 2.24) is 5.32 Å². The van der Waals surface area contributed by atoms with Crippen molar-refractivity contribution in [3.05, 3.63) is 29.8 Å². The highest BCUT2D eigenvalue weighted by atomic mass is 16.5. The summed E-state index contributed by atoms with van der Waals surface area (Å²) in [5.74, 6) is 0.969. The summed E-state index contributed by atoms with van der Waals surface area (Å²) in [7, 11) is 0. The van der Waals surface area contributed by atoms with E-state index in [0.717, 1.165) is 25.3 Å². The van der Waals surface area contributed by atoms with Gasteiger partial charge in [-0.15, -0.1) is 0 Å². The van der Waals surface area contributed by atoms with Crippen molar-refractivity contribution in [3.8, 4) is 5.75 Å². The summed E-state index contributed by atoms with van der Waals surface area (Å²) in [6.07, 6.45) is 4.80. The summed E-state index contributed by atoms with van der Waals surface area (Å²) in [5.41, 5.74) is 1.60. The van der Waals surface area contributed by atoms with Gasteiger partial charge in [-0.1, -0.05) is 32.4 Å². The lowest BCUT2D eigenvalue weighted by atomic mass is 10.0. The lowest BCUT2D eigenvalue weighted by Gasteiger charge is -2.24. The molecule has 0 aromatic heterocycles. The van der Waals surface area contributed by atoms with Crippen molar-refractivity contribution in [2.75, 3.05) is 13.2 Å². The number of rotatable bonds is 9. The Kier molecular flexibility index (Phi) is 6.93. The van der Waals surface area contributed by atoms with Crippen molar-refractivity contribution in [2.24, 2.45) is 0 Å². The van der Waals surface area contributed by atoms with Gasteiger partial charge in [0.05, 0.1) is 0 Å². The van der Waals surface area contributed by atoms with Gasteiger partial charge in [0.15, 0.2) is 0 Å². The normalized spacial score (nSPS) is 11.6. The van der Waals surface area contributed by atoms with Crippen LogP contribution in [0.3, 0.4) is 0 Å². The third-order valence-electron chi connectivity index (χ3n) is 3.60. The highest BCUT2D eigenvalue weighted by Crippen LogP contribution is 2.14. The van der Waals surface area contributed by atoms with Crippen LogP contribution in [0.5, 0.6) is 5.75 Å². The summed E-state index contributed by atoms with van der Waals surface area (Å²) in [6.45, 7) is 10.5. The van der Waals surface area contributed by atoms with Gasteiger partial charge in [-0.2, -0.15) is 0 Å². The molecule has 0 aliphatic heterocycles. The zero-order chi connectivity index (χ0) is 14.1. The van der Waals surface area contributed by atoms with Crippen molar-refractivity contribution in [2.45, 2.75) is 58.9 Å². The maximum Gasteiger partial charge on any atom is 0.119 e. The van der Waals surface area contributed by atoms with E-state index in [9.17, 15) is 0 Å². The van der Waals surface area contributed by atoms with E-state index in [-0.39, 0.29) is 5.54 Å². The highest BCUT2D eigenvalue weighted by molar-refractivity contribution is 5.27. The summed E-state index contributed by atoms with van der Waals surface area (Å²) in [6, 6.07) is 8.51. The third kappa shape index (κ3) is 6.63. The van der Waals surface area contributed by atoms with Gasteiger partial charge >= 0.3 is 0 Å². The summed E-state index contributed by atoms with van der Waals surface area (Å²) < 4.78 is 5.74. The van der Waals surface area contributed by atoms with Crippen molar-refractivity contribution >= 4 is 0 Å². The molecule has 0 heterocycles. The molecule has 0 radical (unpaired) electrons. The molecule has 0 unspecified atom stereocenters. The Morgan fingerprint density at radius 2 is 1.79 bits per heavy atom. The van der Waals surface area contributed by atoms with Crippen LogP contribution >= 0.6 is 0 Å². The standard InChI is InChI=1S/C17H29NO/c1-5-7-8-15-9-11-16(12-10-15)19-14-13-18-17(3,4)6-2/h9-12,18H,5-8,13-14H2,1-4H3. The molecule has 1 aromatic rings. The van der Waals surface area contributed by atoms with E-state index in [1.807, 2.05) is 0 Å². The molecule has 2 nitrogen and oxygen atoms in total. The number of ether oxygens (including phenoxy) is 1. The van der Waals surface area contributed by atoms with Crippen LogP contribution in [0.15, 0.2) is 24.3 Å². The Balaban J connectivity index is 2.26. The monoisotopic (exact) mass is 263 g/mol. The molecule has 0 amide bonds. The molecule has 0 spiro atoms. The number of benzene rings is 1. The first kappa shape index (κ1) is 16.0. The van der Waals surface area contributed by atoms with Gasteiger partial charge in [0.2, 0.25) is 0 Å². The van der Waals surface area contributed by atoms with E-state index in [0.29, 0.717) is 0 Å². The smallest absolute Gasteiger partial charge is 0.119 e. The Hall–Kier alpha value is -1.02. The summed E-state index contributed by atoms with van der Waals surface area (Å²) in [5, 5.41) is 3.49. The molecule has 0 saturated heterocycles. The van der Waals surface area contributed by atoms with Gasteiger partial charge in [0.1, 0.15) is 12.4 Å². The minimum absolute atomic E-state index is 0.202. The molecule has 1 aromatic carbocycles. The Labute approximate surface area is 118 Å². The first-order chi connectivity index (χ1) is 9.07. The van der Waals surface area contributed by atoms with Crippen LogP contribution in [0.25, 0.3) is 0 Å².